The highest BCUT2D eigenvalue weighted by atomic mass is 16.5. The molecule has 1 aliphatic rings. The van der Waals surface area contributed by atoms with Crippen LogP contribution in [-0.2, 0) is 22.6 Å². The lowest BCUT2D eigenvalue weighted by molar-refractivity contribution is 0.0541. The third kappa shape index (κ3) is 5.04. The van der Waals surface area contributed by atoms with Gasteiger partial charge in [0, 0.05) is 25.8 Å². The predicted molar refractivity (Wildman–Crippen MR) is 129 cm³/mol. The highest BCUT2D eigenvalue weighted by Gasteiger charge is 2.33. The van der Waals surface area contributed by atoms with Crippen LogP contribution in [0.25, 0.3) is 10.9 Å². The topological polar surface area (TPSA) is 111 Å². The second-order valence-electron chi connectivity index (χ2n) is 8.89. The molecule has 0 saturated carbocycles. The van der Waals surface area contributed by atoms with Crippen molar-refractivity contribution in [3.8, 4) is 0 Å². The molecular weight excluding hydrogens is 448 g/mol. The van der Waals surface area contributed by atoms with Crippen LogP contribution < -0.4 is 5.56 Å². The van der Waals surface area contributed by atoms with Crippen LogP contribution in [0.4, 0.5) is 0 Å². The van der Waals surface area contributed by atoms with Crippen LogP contribution in [0.3, 0.4) is 0 Å². The standard InChI is InChI=1S/C25H30N6O4/c1-17-6-3-7-18-14-21(25(32)26-22(17)18)23(24-27-28-29-31(24)10-13-33-2)30(15-19-8-4-11-34-19)16-20-9-5-12-35-20/h3-4,6-8,11,14,20,23H,5,9-10,12-13,15-16H2,1-2H3,(H,26,32)/t20-,23+/m0/s1. The van der Waals surface area contributed by atoms with Gasteiger partial charge < -0.3 is 18.9 Å². The molecule has 2 atom stereocenters. The predicted octanol–water partition coefficient (Wildman–Crippen LogP) is 2.83. The van der Waals surface area contributed by atoms with Crippen LogP contribution >= 0.6 is 0 Å². The number of benzene rings is 1. The lowest BCUT2D eigenvalue weighted by Crippen LogP contribution is -2.39. The SMILES string of the molecule is COCCn1nnnc1[C@@H](c1cc2cccc(C)c2[nH]c1=O)N(Cc1ccco1)C[C@@H]1CCCO1. The molecule has 0 spiro atoms. The third-order valence-corrected chi connectivity index (χ3v) is 6.49. The Balaban J connectivity index is 1.65. The van der Waals surface area contributed by atoms with Crippen molar-refractivity contribution in [3.05, 3.63) is 75.7 Å². The minimum atomic E-state index is -0.523. The second kappa shape index (κ2) is 10.5. The first-order valence-corrected chi connectivity index (χ1v) is 11.9. The zero-order valence-electron chi connectivity index (χ0n) is 20.0. The van der Waals surface area contributed by atoms with E-state index in [9.17, 15) is 4.79 Å². The van der Waals surface area contributed by atoms with E-state index in [0.29, 0.717) is 37.6 Å². The van der Waals surface area contributed by atoms with Crippen molar-refractivity contribution in [2.75, 3.05) is 26.9 Å². The van der Waals surface area contributed by atoms with E-state index in [0.717, 1.165) is 41.7 Å². The molecule has 35 heavy (non-hydrogen) atoms. The molecule has 0 radical (unpaired) electrons. The van der Waals surface area contributed by atoms with Gasteiger partial charge in [-0.1, -0.05) is 18.2 Å². The van der Waals surface area contributed by atoms with Crippen LogP contribution in [0.5, 0.6) is 0 Å². The van der Waals surface area contributed by atoms with Gasteiger partial charge in [-0.15, -0.1) is 5.10 Å². The summed E-state index contributed by atoms with van der Waals surface area (Å²) in [5.41, 5.74) is 2.24. The summed E-state index contributed by atoms with van der Waals surface area (Å²) in [7, 11) is 1.64. The number of aromatic nitrogens is 5. The van der Waals surface area contributed by atoms with Gasteiger partial charge in [0.15, 0.2) is 5.82 Å². The summed E-state index contributed by atoms with van der Waals surface area (Å²) in [6, 6.07) is 11.2. The largest absolute Gasteiger partial charge is 0.468 e. The Morgan fingerprint density at radius 1 is 1.31 bits per heavy atom. The molecular formula is C25H30N6O4. The monoisotopic (exact) mass is 478 g/mol. The summed E-state index contributed by atoms with van der Waals surface area (Å²) >= 11 is 0. The Morgan fingerprint density at radius 2 is 2.23 bits per heavy atom. The maximum atomic E-state index is 13.6. The van der Waals surface area contributed by atoms with E-state index >= 15 is 0 Å². The number of hydrogen-bond acceptors (Lipinski definition) is 8. The number of rotatable bonds is 10. The number of ether oxygens (including phenoxy) is 2. The van der Waals surface area contributed by atoms with E-state index in [1.165, 1.54) is 0 Å². The summed E-state index contributed by atoms with van der Waals surface area (Å²) < 4.78 is 18.7. The third-order valence-electron chi connectivity index (χ3n) is 6.49. The molecule has 0 aliphatic carbocycles. The molecule has 0 unspecified atom stereocenters. The van der Waals surface area contributed by atoms with Crippen LogP contribution in [0.15, 0.2) is 51.9 Å². The number of methoxy groups -OCH3 is 1. The average molecular weight is 479 g/mol. The molecule has 0 amide bonds. The molecule has 3 aromatic heterocycles. The summed E-state index contributed by atoms with van der Waals surface area (Å²) in [6.45, 7) is 4.72. The number of para-hydroxylation sites is 1. The fourth-order valence-electron chi connectivity index (χ4n) is 4.76. The van der Waals surface area contributed by atoms with E-state index in [1.54, 1.807) is 18.1 Å². The number of aromatic amines is 1. The van der Waals surface area contributed by atoms with Crippen molar-refractivity contribution in [1.82, 2.24) is 30.1 Å². The number of nitrogens with zero attached hydrogens (tertiary/aromatic N) is 5. The van der Waals surface area contributed by atoms with Crippen LogP contribution in [0, 0.1) is 6.92 Å². The van der Waals surface area contributed by atoms with Crippen LogP contribution in [-0.4, -0.2) is 63.1 Å². The Morgan fingerprint density at radius 3 is 3.00 bits per heavy atom. The lowest BCUT2D eigenvalue weighted by atomic mass is 10.0. The van der Waals surface area contributed by atoms with E-state index in [1.807, 2.05) is 43.3 Å². The highest BCUT2D eigenvalue weighted by Crippen LogP contribution is 2.30. The van der Waals surface area contributed by atoms with Crippen molar-refractivity contribution >= 4 is 10.9 Å². The first-order valence-electron chi connectivity index (χ1n) is 11.9. The first kappa shape index (κ1) is 23.4. The quantitative estimate of drug-likeness (QED) is 0.370. The van der Waals surface area contributed by atoms with E-state index in [2.05, 4.69) is 25.4 Å². The normalized spacial score (nSPS) is 16.9. The van der Waals surface area contributed by atoms with E-state index < -0.39 is 6.04 Å². The Bertz CT molecular complexity index is 1310. The summed E-state index contributed by atoms with van der Waals surface area (Å²) in [4.78, 5) is 18.8. The molecule has 4 heterocycles. The maximum Gasteiger partial charge on any atom is 0.253 e. The van der Waals surface area contributed by atoms with Gasteiger partial charge in [-0.3, -0.25) is 9.69 Å². The van der Waals surface area contributed by atoms with Gasteiger partial charge in [0.2, 0.25) is 0 Å². The maximum absolute atomic E-state index is 13.6. The van der Waals surface area contributed by atoms with Gasteiger partial charge in [0.05, 0.1) is 37.6 Å². The fourth-order valence-corrected chi connectivity index (χ4v) is 4.76. The Hall–Kier alpha value is -3.34. The lowest BCUT2D eigenvalue weighted by Gasteiger charge is -2.32. The Labute approximate surface area is 202 Å². The second-order valence-corrected chi connectivity index (χ2v) is 8.89. The van der Waals surface area contributed by atoms with Crippen molar-refractivity contribution < 1.29 is 13.9 Å². The summed E-state index contributed by atoms with van der Waals surface area (Å²) in [5, 5.41) is 13.5. The van der Waals surface area contributed by atoms with Crippen molar-refractivity contribution in [3.63, 3.8) is 0 Å². The molecule has 1 aliphatic heterocycles. The summed E-state index contributed by atoms with van der Waals surface area (Å²) in [6.07, 6.45) is 3.69. The zero-order chi connectivity index (χ0) is 24.2. The molecule has 1 fully saturated rings. The molecule has 1 aromatic carbocycles. The Kier molecular flexibility index (Phi) is 7.03. The number of nitrogens with one attached hydrogen (secondary N) is 1. The fraction of sp³-hybridized carbons (Fsp3) is 0.440. The van der Waals surface area contributed by atoms with E-state index in [-0.39, 0.29) is 11.7 Å². The number of fused-ring (bicyclic) bond motifs is 1. The van der Waals surface area contributed by atoms with Crippen molar-refractivity contribution in [2.24, 2.45) is 0 Å². The molecule has 1 N–H and O–H groups in total. The van der Waals surface area contributed by atoms with Gasteiger partial charge in [0.25, 0.3) is 5.56 Å². The number of hydrogen-bond donors (Lipinski definition) is 1. The smallest absolute Gasteiger partial charge is 0.253 e. The van der Waals surface area contributed by atoms with Gasteiger partial charge in [-0.2, -0.15) is 0 Å². The average Bonchev–Trinajstić information content (AvgIpc) is 3.63. The molecule has 0 bridgehead atoms. The molecule has 4 aromatic rings. The minimum absolute atomic E-state index is 0.0533. The zero-order valence-corrected chi connectivity index (χ0v) is 20.0. The number of pyridine rings is 1. The van der Waals surface area contributed by atoms with E-state index in [4.69, 9.17) is 13.9 Å². The number of aryl methyl sites for hydroxylation is 1. The summed E-state index contributed by atoms with van der Waals surface area (Å²) in [5.74, 6) is 1.36. The number of H-pyrrole nitrogens is 1. The van der Waals surface area contributed by atoms with Gasteiger partial charge in [-0.05, 0) is 59.3 Å². The molecule has 10 nitrogen and oxygen atoms in total. The minimum Gasteiger partial charge on any atom is -0.468 e. The molecule has 184 valence electrons. The van der Waals surface area contributed by atoms with Crippen molar-refractivity contribution in [2.45, 2.75) is 45.0 Å². The van der Waals surface area contributed by atoms with Gasteiger partial charge in [-0.25, -0.2) is 4.68 Å². The highest BCUT2D eigenvalue weighted by molar-refractivity contribution is 5.82. The van der Waals surface area contributed by atoms with Gasteiger partial charge in [0.1, 0.15) is 11.8 Å². The van der Waals surface area contributed by atoms with Crippen molar-refractivity contribution in [1.29, 1.82) is 0 Å². The molecule has 10 heteroatoms. The number of tetrazole rings is 1. The molecule has 5 rings (SSSR count). The first-order chi connectivity index (χ1) is 17.1. The molecule has 1 saturated heterocycles. The van der Waals surface area contributed by atoms with Crippen LogP contribution in [0.2, 0.25) is 0 Å². The van der Waals surface area contributed by atoms with Crippen LogP contribution in [0.1, 0.15) is 41.6 Å². The van der Waals surface area contributed by atoms with Gasteiger partial charge >= 0.3 is 0 Å². The number of furan rings is 1.